The number of esters is 1. The van der Waals surface area contributed by atoms with Crippen LogP contribution in [0.3, 0.4) is 0 Å². The number of amides is 1. The topological polar surface area (TPSA) is 95.9 Å². The van der Waals surface area contributed by atoms with E-state index in [1.807, 2.05) is 6.08 Å². The second-order valence-corrected chi connectivity index (χ2v) is 24.2. The number of hydrogen-bond donors (Lipinski definition) is 3. The van der Waals surface area contributed by atoms with Crippen LogP contribution in [-0.4, -0.2) is 47.4 Å². The Labute approximate surface area is 476 Å². The molecule has 76 heavy (non-hydrogen) atoms. The molecule has 1 amide bonds. The van der Waals surface area contributed by atoms with Crippen LogP contribution in [0.2, 0.25) is 0 Å². The maximum absolute atomic E-state index is 12.5. The fraction of sp³-hybridized carbons (Fsp3) is 0.943. The molecule has 3 N–H and O–H groups in total. The summed E-state index contributed by atoms with van der Waals surface area (Å²) in [6.07, 6.45) is 81.5. The van der Waals surface area contributed by atoms with Gasteiger partial charge in [0.2, 0.25) is 5.91 Å². The van der Waals surface area contributed by atoms with Gasteiger partial charge in [0.1, 0.15) is 0 Å². The van der Waals surface area contributed by atoms with Crippen LogP contribution < -0.4 is 5.32 Å². The zero-order chi connectivity index (χ0) is 55.0. The molecule has 6 heteroatoms. The lowest BCUT2D eigenvalue weighted by Gasteiger charge is -2.20. The lowest BCUT2D eigenvalue weighted by Crippen LogP contribution is -2.45. The number of carbonyl (C=O) groups is 2. The maximum atomic E-state index is 12.5. The van der Waals surface area contributed by atoms with Gasteiger partial charge in [-0.15, -0.1) is 0 Å². The Bertz CT molecular complexity index is 1140. The van der Waals surface area contributed by atoms with Gasteiger partial charge in [-0.1, -0.05) is 366 Å². The number of ether oxygens (including phenoxy) is 1. The first-order valence-corrected chi connectivity index (χ1v) is 35.0. The van der Waals surface area contributed by atoms with Crippen LogP contribution in [0.15, 0.2) is 12.2 Å². The molecule has 2 atom stereocenters. The summed E-state index contributed by atoms with van der Waals surface area (Å²) < 4.78 is 5.48. The molecule has 0 aliphatic rings. The van der Waals surface area contributed by atoms with E-state index >= 15 is 0 Å². The van der Waals surface area contributed by atoms with Crippen molar-refractivity contribution in [2.24, 2.45) is 0 Å². The Kier molecular flexibility index (Phi) is 64.9. The smallest absolute Gasteiger partial charge is 0.305 e. The van der Waals surface area contributed by atoms with E-state index in [4.69, 9.17) is 4.74 Å². The number of hydrogen-bond acceptors (Lipinski definition) is 5. The quantitative estimate of drug-likeness (QED) is 0.0320. The molecular weight excluding hydrogens is 935 g/mol. The molecule has 0 saturated heterocycles. The average Bonchev–Trinajstić information content (AvgIpc) is 3.42. The molecule has 6 nitrogen and oxygen atoms in total. The Morgan fingerprint density at radius 3 is 0.895 bits per heavy atom. The third-order valence-electron chi connectivity index (χ3n) is 16.6. The third kappa shape index (κ3) is 61.8. The Morgan fingerprint density at radius 2 is 0.605 bits per heavy atom. The standard InChI is InChI=1S/C70H137NO5/c1-3-5-7-9-11-13-15-17-18-36-39-42-46-50-54-58-62-68(73)67(66-72)71-69(74)63-59-55-51-47-43-40-37-34-32-30-28-26-24-22-20-19-21-23-25-27-29-31-33-35-38-41-45-49-53-57-61-65-76-70(75)64-60-56-52-48-44-16-14-12-10-8-6-4-2/h58,62,67-68,72-73H,3-57,59-61,63-66H2,1-2H3,(H,71,74)/b62-58+. The van der Waals surface area contributed by atoms with Crippen molar-refractivity contribution < 1.29 is 24.5 Å². The van der Waals surface area contributed by atoms with E-state index in [1.165, 1.54) is 334 Å². The van der Waals surface area contributed by atoms with Gasteiger partial charge in [0.05, 0.1) is 25.4 Å². The molecule has 0 aliphatic heterocycles. The fourth-order valence-corrected chi connectivity index (χ4v) is 11.2. The van der Waals surface area contributed by atoms with Gasteiger partial charge >= 0.3 is 5.97 Å². The summed E-state index contributed by atoms with van der Waals surface area (Å²) >= 11 is 0. The summed E-state index contributed by atoms with van der Waals surface area (Å²) in [7, 11) is 0. The zero-order valence-electron chi connectivity index (χ0n) is 51.8. The molecule has 0 rings (SSSR count). The second-order valence-electron chi connectivity index (χ2n) is 24.2. The van der Waals surface area contributed by atoms with Crippen LogP contribution >= 0.6 is 0 Å². The normalized spacial score (nSPS) is 12.5. The van der Waals surface area contributed by atoms with Crippen LogP contribution in [0.5, 0.6) is 0 Å². The van der Waals surface area contributed by atoms with E-state index in [-0.39, 0.29) is 18.5 Å². The SMILES string of the molecule is CCCCCCCCCCCCCCCC/C=C/C(O)C(CO)NC(=O)CCCCCCCCCCCCCCCCCCCCCCCCCCCCCCCCCOC(=O)CCCCCCCCCCCCCC. The lowest BCUT2D eigenvalue weighted by atomic mass is 10.0. The Hall–Kier alpha value is -1.40. The van der Waals surface area contributed by atoms with Gasteiger partial charge in [-0.3, -0.25) is 9.59 Å². The Morgan fingerprint density at radius 1 is 0.355 bits per heavy atom. The van der Waals surface area contributed by atoms with Gasteiger partial charge in [0.25, 0.3) is 0 Å². The lowest BCUT2D eigenvalue weighted by molar-refractivity contribution is -0.143. The minimum absolute atomic E-state index is 0.0218. The first-order chi connectivity index (χ1) is 37.5. The average molecular weight is 1070 g/mol. The third-order valence-corrected chi connectivity index (χ3v) is 16.6. The van der Waals surface area contributed by atoms with E-state index in [2.05, 4.69) is 19.2 Å². The molecule has 0 fully saturated rings. The van der Waals surface area contributed by atoms with Crippen molar-refractivity contribution >= 4 is 11.9 Å². The number of allylic oxidation sites excluding steroid dienone is 1. The summed E-state index contributed by atoms with van der Waals surface area (Å²) in [6, 6.07) is -0.624. The summed E-state index contributed by atoms with van der Waals surface area (Å²) in [4.78, 5) is 24.5. The van der Waals surface area contributed by atoms with Crippen LogP contribution in [0.4, 0.5) is 0 Å². The molecule has 0 spiro atoms. The van der Waals surface area contributed by atoms with Crippen molar-refractivity contribution in [3.8, 4) is 0 Å². The summed E-state index contributed by atoms with van der Waals surface area (Å²) in [5.41, 5.74) is 0. The van der Waals surface area contributed by atoms with Crippen molar-refractivity contribution in [2.75, 3.05) is 13.2 Å². The molecule has 0 aromatic heterocycles. The summed E-state index contributed by atoms with van der Waals surface area (Å²) in [5, 5.41) is 23.2. The van der Waals surface area contributed by atoms with E-state index in [9.17, 15) is 19.8 Å². The van der Waals surface area contributed by atoms with Gasteiger partial charge in [0.15, 0.2) is 0 Å². The minimum Gasteiger partial charge on any atom is -0.466 e. The van der Waals surface area contributed by atoms with Gasteiger partial charge in [-0.05, 0) is 32.1 Å². The predicted molar refractivity (Wildman–Crippen MR) is 333 cm³/mol. The molecule has 0 heterocycles. The van der Waals surface area contributed by atoms with Gasteiger partial charge in [0, 0.05) is 12.8 Å². The van der Waals surface area contributed by atoms with E-state index in [0.717, 1.165) is 38.5 Å². The minimum atomic E-state index is -0.841. The number of aliphatic hydroxyl groups is 2. The Balaban J connectivity index is 3.33. The first kappa shape index (κ1) is 74.6. The molecule has 0 bridgehead atoms. The van der Waals surface area contributed by atoms with E-state index in [1.54, 1.807) is 6.08 Å². The van der Waals surface area contributed by atoms with Gasteiger partial charge in [-0.2, -0.15) is 0 Å². The van der Waals surface area contributed by atoms with Crippen LogP contribution in [0.25, 0.3) is 0 Å². The molecule has 0 radical (unpaired) electrons. The number of aliphatic hydroxyl groups excluding tert-OH is 2. The van der Waals surface area contributed by atoms with Crippen LogP contribution in [0, 0.1) is 0 Å². The molecule has 0 aromatic rings. The fourth-order valence-electron chi connectivity index (χ4n) is 11.2. The predicted octanol–water partition coefficient (Wildman–Crippen LogP) is 22.4. The van der Waals surface area contributed by atoms with Gasteiger partial charge < -0.3 is 20.3 Å². The highest BCUT2D eigenvalue weighted by atomic mass is 16.5. The first-order valence-electron chi connectivity index (χ1n) is 35.0. The second kappa shape index (κ2) is 66.1. The summed E-state index contributed by atoms with van der Waals surface area (Å²) in [5.74, 6) is -0.0386. The van der Waals surface area contributed by atoms with Crippen molar-refractivity contribution in [2.45, 2.75) is 411 Å². The summed E-state index contributed by atoms with van der Waals surface area (Å²) in [6.45, 7) is 4.94. The number of rotatable bonds is 66. The van der Waals surface area contributed by atoms with Crippen molar-refractivity contribution in [3.63, 3.8) is 0 Å². The van der Waals surface area contributed by atoms with Crippen molar-refractivity contribution in [1.82, 2.24) is 5.32 Å². The molecule has 2 unspecified atom stereocenters. The number of carbonyl (C=O) groups excluding carboxylic acids is 2. The number of nitrogens with one attached hydrogen (secondary N) is 1. The molecule has 0 saturated carbocycles. The molecular formula is C70H137NO5. The van der Waals surface area contributed by atoms with E-state index in [0.29, 0.717) is 19.4 Å². The van der Waals surface area contributed by atoms with Crippen molar-refractivity contribution in [1.29, 1.82) is 0 Å². The van der Waals surface area contributed by atoms with Crippen LogP contribution in [-0.2, 0) is 14.3 Å². The largest absolute Gasteiger partial charge is 0.466 e. The zero-order valence-corrected chi connectivity index (χ0v) is 51.8. The monoisotopic (exact) mass is 1070 g/mol. The molecule has 452 valence electrons. The van der Waals surface area contributed by atoms with E-state index < -0.39 is 12.1 Å². The molecule has 0 aromatic carbocycles. The van der Waals surface area contributed by atoms with Crippen LogP contribution in [0.1, 0.15) is 399 Å². The number of unbranched alkanes of at least 4 members (excludes halogenated alkanes) is 55. The highest BCUT2D eigenvalue weighted by Gasteiger charge is 2.18. The highest BCUT2D eigenvalue weighted by Crippen LogP contribution is 2.19. The van der Waals surface area contributed by atoms with Crippen molar-refractivity contribution in [3.05, 3.63) is 12.2 Å². The van der Waals surface area contributed by atoms with Gasteiger partial charge in [-0.25, -0.2) is 0 Å². The maximum Gasteiger partial charge on any atom is 0.305 e. The highest BCUT2D eigenvalue weighted by molar-refractivity contribution is 5.76. The molecule has 0 aliphatic carbocycles.